The minimum Gasteiger partial charge on any atom is -0.351 e. The predicted octanol–water partition coefficient (Wildman–Crippen LogP) is 1.66. The first kappa shape index (κ1) is 8.60. The average molecular weight is 174 g/mol. The van der Waals surface area contributed by atoms with Crippen molar-refractivity contribution in [3.8, 4) is 0 Å². The molecule has 1 fully saturated rings. The van der Waals surface area contributed by atoms with Gasteiger partial charge in [-0.25, -0.2) is 0 Å². The predicted molar refractivity (Wildman–Crippen MR) is 45.3 cm³/mol. The SMILES string of the molecule is C=C(Cl)CNC(=O)C1CCC1. The van der Waals surface area contributed by atoms with Gasteiger partial charge >= 0.3 is 0 Å². The number of amides is 1. The Labute approximate surface area is 71.6 Å². The van der Waals surface area contributed by atoms with Crippen molar-refractivity contribution in [1.82, 2.24) is 5.32 Å². The number of hydrogen-bond donors (Lipinski definition) is 1. The lowest BCUT2D eigenvalue weighted by Crippen LogP contribution is -2.34. The number of carbonyl (C=O) groups excluding carboxylic acids is 1. The fourth-order valence-corrected chi connectivity index (χ4v) is 1.06. The van der Waals surface area contributed by atoms with Crippen LogP contribution in [-0.4, -0.2) is 12.5 Å². The van der Waals surface area contributed by atoms with Crippen LogP contribution in [0.25, 0.3) is 0 Å². The van der Waals surface area contributed by atoms with Crippen molar-refractivity contribution in [3.05, 3.63) is 11.6 Å². The summed E-state index contributed by atoms with van der Waals surface area (Å²) in [6.07, 6.45) is 3.24. The second-order valence-corrected chi connectivity index (χ2v) is 3.40. The third-order valence-electron chi connectivity index (χ3n) is 1.93. The molecule has 0 spiro atoms. The van der Waals surface area contributed by atoms with Crippen LogP contribution in [0.1, 0.15) is 19.3 Å². The molecule has 11 heavy (non-hydrogen) atoms. The molecule has 0 radical (unpaired) electrons. The number of hydrogen-bond acceptors (Lipinski definition) is 1. The summed E-state index contributed by atoms with van der Waals surface area (Å²) in [6, 6.07) is 0. The van der Waals surface area contributed by atoms with Gasteiger partial charge in [-0.05, 0) is 12.8 Å². The van der Waals surface area contributed by atoms with Crippen molar-refractivity contribution >= 4 is 17.5 Å². The Kier molecular flexibility index (Phi) is 2.94. The van der Waals surface area contributed by atoms with E-state index in [4.69, 9.17) is 11.6 Å². The number of carbonyl (C=O) groups is 1. The molecule has 0 unspecified atom stereocenters. The number of nitrogens with one attached hydrogen (secondary N) is 1. The van der Waals surface area contributed by atoms with E-state index in [0.717, 1.165) is 12.8 Å². The van der Waals surface area contributed by atoms with Gasteiger partial charge < -0.3 is 5.32 Å². The molecule has 0 atom stereocenters. The fraction of sp³-hybridized carbons (Fsp3) is 0.625. The van der Waals surface area contributed by atoms with Crippen molar-refractivity contribution in [3.63, 3.8) is 0 Å². The van der Waals surface area contributed by atoms with Crippen LogP contribution < -0.4 is 5.32 Å². The van der Waals surface area contributed by atoms with Gasteiger partial charge in [0, 0.05) is 11.0 Å². The standard InChI is InChI=1S/C8H12ClNO/c1-6(9)5-10-8(11)7-3-2-4-7/h7H,1-5H2,(H,10,11). The third kappa shape index (κ3) is 2.54. The van der Waals surface area contributed by atoms with Gasteiger partial charge in [0.15, 0.2) is 0 Å². The molecule has 1 aliphatic carbocycles. The smallest absolute Gasteiger partial charge is 0.223 e. The molecule has 2 nitrogen and oxygen atoms in total. The van der Waals surface area contributed by atoms with Gasteiger partial charge in [-0.3, -0.25) is 4.79 Å². The molecular weight excluding hydrogens is 162 g/mol. The maximum Gasteiger partial charge on any atom is 0.223 e. The Bertz CT molecular complexity index is 175. The summed E-state index contributed by atoms with van der Waals surface area (Å²) in [4.78, 5) is 11.1. The summed E-state index contributed by atoms with van der Waals surface area (Å²) in [7, 11) is 0. The zero-order valence-electron chi connectivity index (χ0n) is 6.40. The van der Waals surface area contributed by atoms with Crippen molar-refractivity contribution in [2.24, 2.45) is 5.92 Å². The molecule has 0 heterocycles. The van der Waals surface area contributed by atoms with Crippen LogP contribution in [0.3, 0.4) is 0 Å². The third-order valence-corrected chi connectivity index (χ3v) is 2.06. The van der Waals surface area contributed by atoms with E-state index in [1.54, 1.807) is 0 Å². The van der Waals surface area contributed by atoms with E-state index in [2.05, 4.69) is 11.9 Å². The number of rotatable bonds is 3. The molecule has 3 heteroatoms. The average Bonchev–Trinajstić information content (AvgIpc) is 1.79. The molecule has 1 rings (SSSR count). The van der Waals surface area contributed by atoms with E-state index in [1.807, 2.05) is 0 Å². The Hall–Kier alpha value is -0.500. The van der Waals surface area contributed by atoms with E-state index in [1.165, 1.54) is 6.42 Å². The van der Waals surface area contributed by atoms with Gasteiger partial charge in [0.2, 0.25) is 5.91 Å². The Morgan fingerprint density at radius 1 is 1.64 bits per heavy atom. The van der Waals surface area contributed by atoms with E-state index in [9.17, 15) is 4.79 Å². The van der Waals surface area contributed by atoms with Crippen LogP contribution in [-0.2, 0) is 4.79 Å². The quantitative estimate of drug-likeness (QED) is 0.691. The summed E-state index contributed by atoms with van der Waals surface area (Å²) in [5, 5.41) is 3.20. The summed E-state index contributed by atoms with van der Waals surface area (Å²) in [5.41, 5.74) is 0. The summed E-state index contributed by atoms with van der Waals surface area (Å²) in [5.74, 6) is 0.365. The van der Waals surface area contributed by atoms with Gasteiger partial charge in [0.1, 0.15) is 0 Å². The molecule has 0 aromatic carbocycles. The minimum atomic E-state index is 0.123. The van der Waals surface area contributed by atoms with Crippen molar-refractivity contribution in [1.29, 1.82) is 0 Å². The molecule has 0 bridgehead atoms. The fourth-order valence-electron chi connectivity index (χ4n) is 0.998. The highest BCUT2D eigenvalue weighted by Crippen LogP contribution is 2.26. The van der Waals surface area contributed by atoms with Gasteiger partial charge in [0.25, 0.3) is 0 Å². The molecule has 1 amide bonds. The Balaban J connectivity index is 2.15. The van der Waals surface area contributed by atoms with Crippen molar-refractivity contribution < 1.29 is 4.79 Å². The number of halogens is 1. The maximum atomic E-state index is 11.1. The highest BCUT2D eigenvalue weighted by atomic mass is 35.5. The van der Waals surface area contributed by atoms with Crippen LogP contribution in [0.4, 0.5) is 0 Å². The second-order valence-electron chi connectivity index (χ2n) is 2.86. The van der Waals surface area contributed by atoms with Crippen molar-refractivity contribution in [2.75, 3.05) is 6.54 Å². The van der Waals surface area contributed by atoms with Gasteiger partial charge in [0.05, 0.1) is 6.54 Å². The van der Waals surface area contributed by atoms with E-state index < -0.39 is 0 Å². The van der Waals surface area contributed by atoms with Gasteiger partial charge in [-0.2, -0.15) is 0 Å². The first-order chi connectivity index (χ1) is 5.20. The Morgan fingerprint density at radius 3 is 2.64 bits per heavy atom. The Morgan fingerprint density at radius 2 is 2.27 bits per heavy atom. The highest BCUT2D eigenvalue weighted by molar-refractivity contribution is 6.29. The first-order valence-corrected chi connectivity index (χ1v) is 4.19. The van der Waals surface area contributed by atoms with E-state index in [0.29, 0.717) is 11.6 Å². The van der Waals surface area contributed by atoms with E-state index in [-0.39, 0.29) is 11.8 Å². The van der Waals surface area contributed by atoms with Gasteiger partial charge in [-0.15, -0.1) is 0 Å². The van der Waals surface area contributed by atoms with Crippen molar-refractivity contribution in [2.45, 2.75) is 19.3 Å². The van der Waals surface area contributed by atoms with Crippen LogP contribution >= 0.6 is 11.6 Å². The lowest BCUT2D eigenvalue weighted by Gasteiger charge is -2.23. The molecule has 1 saturated carbocycles. The van der Waals surface area contributed by atoms with Crippen LogP contribution in [0.2, 0.25) is 0 Å². The summed E-state index contributed by atoms with van der Waals surface area (Å²) >= 11 is 5.48. The molecule has 0 aliphatic heterocycles. The summed E-state index contributed by atoms with van der Waals surface area (Å²) in [6.45, 7) is 3.88. The van der Waals surface area contributed by atoms with Crippen LogP contribution in [0.15, 0.2) is 11.6 Å². The normalized spacial score (nSPS) is 17.2. The van der Waals surface area contributed by atoms with Crippen LogP contribution in [0, 0.1) is 5.92 Å². The maximum absolute atomic E-state index is 11.1. The monoisotopic (exact) mass is 173 g/mol. The topological polar surface area (TPSA) is 29.1 Å². The largest absolute Gasteiger partial charge is 0.351 e. The molecule has 62 valence electrons. The molecule has 0 aromatic heterocycles. The minimum absolute atomic E-state index is 0.123. The van der Waals surface area contributed by atoms with Crippen LogP contribution in [0.5, 0.6) is 0 Å². The zero-order chi connectivity index (χ0) is 8.27. The zero-order valence-corrected chi connectivity index (χ0v) is 7.16. The second kappa shape index (κ2) is 3.77. The first-order valence-electron chi connectivity index (χ1n) is 3.81. The lowest BCUT2D eigenvalue weighted by atomic mass is 9.85. The van der Waals surface area contributed by atoms with Gasteiger partial charge in [-0.1, -0.05) is 24.6 Å². The summed E-state index contributed by atoms with van der Waals surface area (Å²) < 4.78 is 0. The molecular formula is C8H12ClNO. The lowest BCUT2D eigenvalue weighted by molar-refractivity contribution is -0.127. The molecule has 1 N–H and O–H groups in total. The molecule has 0 saturated heterocycles. The molecule has 1 aliphatic rings. The van der Waals surface area contributed by atoms with E-state index >= 15 is 0 Å². The molecule has 0 aromatic rings. The highest BCUT2D eigenvalue weighted by Gasteiger charge is 2.24.